The molecule has 1 aromatic carbocycles. The molecule has 0 aliphatic rings. The molecule has 92 valence electrons. The molecular weight excluding hydrogens is 255 g/mol. The lowest BCUT2D eigenvalue weighted by molar-refractivity contribution is 0.101. The zero-order chi connectivity index (χ0) is 13.1. The molecule has 0 saturated heterocycles. The molecule has 3 nitrogen and oxygen atoms in total. The summed E-state index contributed by atoms with van der Waals surface area (Å²) in [5, 5.41) is 3.18. The zero-order valence-corrected chi connectivity index (χ0v) is 10.3. The summed E-state index contributed by atoms with van der Waals surface area (Å²) in [5.74, 6) is 0.0322. The van der Waals surface area contributed by atoms with E-state index in [1.165, 1.54) is 25.1 Å². The van der Waals surface area contributed by atoms with Gasteiger partial charge in [-0.2, -0.15) is 0 Å². The van der Waals surface area contributed by atoms with Gasteiger partial charge >= 0.3 is 0 Å². The monoisotopic (exact) mass is 264 g/mol. The number of aromatic nitrogens is 1. The number of carbonyl (C=O) groups is 1. The second-order valence-electron chi connectivity index (χ2n) is 3.75. The maximum absolute atomic E-state index is 12.8. The smallest absolute Gasteiger partial charge is 0.160 e. The second kappa shape index (κ2) is 5.14. The van der Waals surface area contributed by atoms with Crippen LogP contribution in [-0.2, 0) is 0 Å². The molecule has 0 amide bonds. The molecule has 0 radical (unpaired) electrons. The third-order valence-corrected chi connectivity index (χ3v) is 2.51. The first-order valence-electron chi connectivity index (χ1n) is 5.26. The van der Waals surface area contributed by atoms with Crippen LogP contribution in [0.15, 0.2) is 36.4 Å². The molecule has 5 heteroatoms. The number of ketones is 1. The Hall–Kier alpha value is -1.94. The third-order valence-electron chi connectivity index (χ3n) is 2.32. The van der Waals surface area contributed by atoms with Crippen LogP contribution >= 0.6 is 11.6 Å². The predicted octanol–water partition coefficient (Wildman–Crippen LogP) is 3.82. The van der Waals surface area contributed by atoms with Gasteiger partial charge in [0.2, 0.25) is 0 Å². The highest BCUT2D eigenvalue weighted by Crippen LogP contribution is 2.19. The van der Waals surface area contributed by atoms with E-state index in [0.29, 0.717) is 17.1 Å². The van der Waals surface area contributed by atoms with Gasteiger partial charge in [-0.3, -0.25) is 4.79 Å². The highest BCUT2D eigenvalue weighted by molar-refractivity contribution is 6.29. The molecule has 1 heterocycles. The molecule has 0 fully saturated rings. The van der Waals surface area contributed by atoms with E-state index in [1.54, 1.807) is 18.2 Å². The number of hydrogen-bond donors (Lipinski definition) is 1. The van der Waals surface area contributed by atoms with Crippen LogP contribution < -0.4 is 5.32 Å². The minimum Gasteiger partial charge on any atom is -0.340 e. The number of benzene rings is 1. The van der Waals surface area contributed by atoms with Crippen molar-refractivity contribution in [3.8, 4) is 0 Å². The quantitative estimate of drug-likeness (QED) is 0.677. The number of nitrogens with zero attached hydrogens (tertiary/aromatic N) is 1. The number of halogens is 2. The summed E-state index contributed by atoms with van der Waals surface area (Å²) in [6.45, 7) is 1.45. The lowest BCUT2D eigenvalue weighted by atomic mass is 10.2. The number of rotatable bonds is 3. The van der Waals surface area contributed by atoms with Gasteiger partial charge in [0, 0.05) is 11.3 Å². The summed E-state index contributed by atoms with van der Waals surface area (Å²) < 4.78 is 12.8. The lowest BCUT2D eigenvalue weighted by Gasteiger charge is -2.07. The van der Waals surface area contributed by atoms with E-state index in [9.17, 15) is 9.18 Å². The first-order chi connectivity index (χ1) is 8.54. The Kier molecular flexibility index (Phi) is 3.58. The highest BCUT2D eigenvalue weighted by Gasteiger charge is 2.05. The van der Waals surface area contributed by atoms with E-state index >= 15 is 0 Å². The van der Waals surface area contributed by atoms with Crippen molar-refractivity contribution in [2.24, 2.45) is 0 Å². The number of Topliss-reactive ketones (excluding diaryl/α,β-unsaturated/α-hetero) is 1. The van der Waals surface area contributed by atoms with Crippen LogP contribution in [0.4, 0.5) is 15.9 Å². The number of carbonyl (C=O) groups excluding carboxylic acids is 1. The maximum atomic E-state index is 12.8. The van der Waals surface area contributed by atoms with E-state index in [-0.39, 0.29) is 16.8 Å². The molecular formula is C13H10ClFN2O. The normalized spacial score (nSPS) is 10.2. The molecule has 0 atom stereocenters. The van der Waals surface area contributed by atoms with Gasteiger partial charge < -0.3 is 5.32 Å². The van der Waals surface area contributed by atoms with Crippen molar-refractivity contribution in [2.75, 3.05) is 5.32 Å². The topological polar surface area (TPSA) is 42.0 Å². The Balaban J connectivity index is 2.28. The summed E-state index contributed by atoms with van der Waals surface area (Å²) in [4.78, 5) is 15.3. The molecule has 0 aliphatic heterocycles. The van der Waals surface area contributed by atoms with Crippen molar-refractivity contribution in [3.05, 3.63) is 52.9 Å². The van der Waals surface area contributed by atoms with Crippen molar-refractivity contribution in [1.82, 2.24) is 4.98 Å². The van der Waals surface area contributed by atoms with Crippen LogP contribution in [0, 0.1) is 5.82 Å². The van der Waals surface area contributed by atoms with E-state index in [2.05, 4.69) is 10.3 Å². The van der Waals surface area contributed by atoms with Gasteiger partial charge in [0.05, 0.1) is 0 Å². The minimum absolute atomic E-state index is 0.0959. The van der Waals surface area contributed by atoms with Gasteiger partial charge in [0.15, 0.2) is 5.78 Å². The standard InChI is InChI=1S/C13H10ClFN2O/c1-8(18)9-6-12(14)17-13(7-9)16-11-4-2-10(15)3-5-11/h2-7H,1H3,(H,16,17). The summed E-state index contributed by atoms with van der Waals surface area (Å²) >= 11 is 5.82. The van der Waals surface area contributed by atoms with Gasteiger partial charge in [-0.25, -0.2) is 9.37 Å². The number of nitrogens with one attached hydrogen (secondary N) is 1. The summed E-state index contributed by atoms with van der Waals surface area (Å²) in [7, 11) is 0. The van der Waals surface area contributed by atoms with Crippen LogP contribution in [-0.4, -0.2) is 10.8 Å². The van der Waals surface area contributed by atoms with E-state index < -0.39 is 0 Å². The number of anilines is 2. The zero-order valence-electron chi connectivity index (χ0n) is 9.58. The first-order valence-corrected chi connectivity index (χ1v) is 5.63. The van der Waals surface area contributed by atoms with Crippen molar-refractivity contribution in [2.45, 2.75) is 6.92 Å². The Labute approximate surface area is 109 Å². The predicted molar refractivity (Wildman–Crippen MR) is 68.9 cm³/mol. The van der Waals surface area contributed by atoms with Crippen LogP contribution in [0.5, 0.6) is 0 Å². The second-order valence-corrected chi connectivity index (χ2v) is 4.14. The molecule has 0 unspecified atom stereocenters. The Morgan fingerprint density at radius 1 is 1.28 bits per heavy atom. The van der Waals surface area contributed by atoms with Gasteiger partial charge in [0.25, 0.3) is 0 Å². The van der Waals surface area contributed by atoms with Gasteiger partial charge in [-0.1, -0.05) is 11.6 Å². The van der Waals surface area contributed by atoms with Crippen molar-refractivity contribution >= 4 is 28.9 Å². The number of hydrogen-bond acceptors (Lipinski definition) is 3. The SMILES string of the molecule is CC(=O)c1cc(Cl)nc(Nc2ccc(F)cc2)c1. The molecule has 2 rings (SSSR count). The lowest BCUT2D eigenvalue weighted by Crippen LogP contribution is -1.98. The minimum atomic E-state index is -0.316. The van der Waals surface area contributed by atoms with Crippen LogP contribution in [0.1, 0.15) is 17.3 Å². The van der Waals surface area contributed by atoms with Crippen molar-refractivity contribution < 1.29 is 9.18 Å². The summed E-state index contributed by atoms with van der Waals surface area (Å²) in [5.41, 5.74) is 1.14. The van der Waals surface area contributed by atoms with Crippen molar-refractivity contribution in [1.29, 1.82) is 0 Å². The fourth-order valence-corrected chi connectivity index (χ4v) is 1.65. The molecule has 0 spiro atoms. The van der Waals surface area contributed by atoms with E-state index in [1.807, 2.05) is 0 Å². The number of pyridine rings is 1. The molecule has 18 heavy (non-hydrogen) atoms. The van der Waals surface area contributed by atoms with Crippen LogP contribution in [0.25, 0.3) is 0 Å². The average Bonchev–Trinajstić information content (AvgIpc) is 2.31. The third kappa shape index (κ3) is 3.05. The maximum Gasteiger partial charge on any atom is 0.160 e. The Bertz CT molecular complexity index is 584. The molecule has 0 bridgehead atoms. The van der Waals surface area contributed by atoms with Gasteiger partial charge in [0.1, 0.15) is 16.8 Å². The average molecular weight is 265 g/mol. The summed E-state index contributed by atoms with van der Waals surface area (Å²) in [6.07, 6.45) is 0. The highest BCUT2D eigenvalue weighted by atomic mass is 35.5. The van der Waals surface area contributed by atoms with Gasteiger partial charge in [-0.05, 0) is 43.3 Å². The molecule has 2 aromatic rings. The fraction of sp³-hybridized carbons (Fsp3) is 0.0769. The van der Waals surface area contributed by atoms with Crippen molar-refractivity contribution in [3.63, 3.8) is 0 Å². The largest absolute Gasteiger partial charge is 0.340 e. The van der Waals surface area contributed by atoms with E-state index in [4.69, 9.17) is 11.6 Å². The summed E-state index contributed by atoms with van der Waals surface area (Å²) in [6, 6.07) is 8.91. The van der Waals surface area contributed by atoms with Gasteiger partial charge in [-0.15, -0.1) is 0 Å². The Morgan fingerprint density at radius 3 is 2.56 bits per heavy atom. The Morgan fingerprint density at radius 2 is 1.94 bits per heavy atom. The van der Waals surface area contributed by atoms with E-state index in [0.717, 1.165) is 0 Å². The molecule has 0 saturated carbocycles. The molecule has 0 aliphatic carbocycles. The van der Waals surface area contributed by atoms with Crippen LogP contribution in [0.3, 0.4) is 0 Å². The molecule has 1 aromatic heterocycles. The first kappa shape index (κ1) is 12.5. The molecule has 1 N–H and O–H groups in total. The van der Waals surface area contributed by atoms with Crippen LogP contribution in [0.2, 0.25) is 5.15 Å². The fourth-order valence-electron chi connectivity index (χ4n) is 1.45.